The van der Waals surface area contributed by atoms with Crippen molar-refractivity contribution in [2.75, 3.05) is 24.6 Å². The highest BCUT2D eigenvalue weighted by Crippen LogP contribution is 2.35. The van der Waals surface area contributed by atoms with Crippen molar-refractivity contribution < 1.29 is 14.1 Å². The number of anilines is 1. The third-order valence-corrected chi connectivity index (χ3v) is 4.78. The maximum absolute atomic E-state index is 14.2. The fourth-order valence-electron chi connectivity index (χ4n) is 3.54. The Bertz CT molecular complexity index is 1020. The molecule has 138 valence electrons. The Balaban J connectivity index is 1.77. The number of hydrogen-bond donors (Lipinski definition) is 0. The van der Waals surface area contributed by atoms with Gasteiger partial charge in [-0.05, 0) is 19.1 Å². The number of fused-ring (bicyclic) bond motifs is 1. The van der Waals surface area contributed by atoms with E-state index in [-0.39, 0.29) is 11.5 Å². The summed E-state index contributed by atoms with van der Waals surface area (Å²) in [6.07, 6.45) is -0.401. The number of para-hydroxylation sites is 1. The van der Waals surface area contributed by atoms with Gasteiger partial charge in [-0.15, -0.1) is 0 Å². The molecule has 3 aromatic rings. The van der Waals surface area contributed by atoms with Crippen molar-refractivity contribution in [3.63, 3.8) is 0 Å². The number of nitrogens with zero attached hydrogens (tertiary/aromatic N) is 3. The molecule has 1 unspecified atom stereocenters. The molecule has 0 saturated carbocycles. The van der Waals surface area contributed by atoms with Crippen molar-refractivity contribution >= 4 is 22.3 Å². The van der Waals surface area contributed by atoms with E-state index in [1.54, 1.807) is 24.3 Å². The van der Waals surface area contributed by atoms with E-state index in [2.05, 4.69) is 9.88 Å². The van der Waals surface area contributed by atoms with Gasteiger partial charge in [-0.1, -0.05) is 30.3 Å². The van der Waals surface area contributed by atoms with E-state index in [4.69, 9.17) is 4.74 Å². The van der Waals surface area contributed by atoms with Crippen LogP contribution in [0.5, 0.6) is 0 Å². The average molecular weight is 367 g/mol. The standard InChI is InChI=1S/C20H18FN3O3/c1-13-11-18(15-6-4-8-17(24(25)26)20(15)22-13)23-9-10-27-19(12-23)14-5-2-3-7-16(14)21/h2-8,11,19H,9-10,12H2,1H3. The summed E-state index contributed by atoms with van der Waals surface area (Å²) >= 11 is 0. The second-order valence-electron chi connectivity index (χ2n) is 6.54. The topological polar surface area (TPSA) is 68.5 Å². The smallest absolute Gasteiger partial charge is 0.295 e. The number of nitro groups is 1. The number of nitro benzene ring substituents is 1. The highest BCUT2D eigenvalue weighted by Gasteiger charge is 2.26. The Morgan fingerprint density at radius 3 is 2.85 bits per heavy atom. The summed E-state index contributed by atoms with van der Waals surface area (Å²) in [5.74, 6) is -0.296. The second kappa shape index (κ2) is 6.92. The molecule has 1 fully saturated rings. The molecule has 7 heteroatoms. The zero-order valence-electron chi connectivity index (χ0n) is 14.8. The Kier molecular flexibility index (Phi) is 4.45. The van der Waals surface area contributed by atoms with Crippen molar-refractivity contribution in [2.45, 2.75) is 13.0 Å². The Hall–Kier alpha value is -3.06. The lowest BCUT2D eigenvalue weighted by Gasteiger charge is -2.35. The number of aromatic nitrogens is 1. The van der Waals surface area contributed by atoms with E-state index in [9.17, 15) is 14.5 Å². The van der Waals surface area contributed by atoms with Crippen LogP contribution in [0.1, 0.15) is 17.4 Å². The number of ether oxygens (including phenoxy) is 1. The first-order chi connectivity index (χ1) is 13.0. The van der Waals surface area contributed by atoms with Gasteiger partial charge < -0.3 is 9.64 Å². The first-order valence-electron chi connectivity index (χ1n) is 8.70. The highest BCUT2D eigenvalue weighted by molar-refractivity contribution is 5.97. The summed E-state index contributed by atoms with van der Waals surface area (Å²) in [6.45, 7) is 3.33. The van der Waals surface area contributed by atoms with E-state index in [0.717, 1.165) is 5.69 Å². The molecule has 2 heterocycles. The predicted molar refractivity (Wildman–Crippen MR) is 100 cm³/mol. The van der Waals surface area contributed by atoms with Crippen LogP contribution in [0, 0.1) is 22.9 Å². The molecule has 0 spiro atoms. The largest absolute Gasteiger partial charge is 0.370 e. The number of hydrogen-bond acceptors (Lipinski definition) is 5. The lowest BCUT2D eigenvalue weighted by atomic mass is 10.1. The predicted octanol–water partition coefficient (Wildman–Crippen LogP) is 4.17. The number of halogens is 1. The van der Waals surface area contributed by atoms with Gasteiger partial charge in [0.15, 0.2) is 5.52 Å². The molecular weight excluding hydrogens is 349 g/mol. The van der Waals surface area contributed by atoms with E-state index in [1.165, 1.54) is 12.1 Å². The van der Waals surface area contributed by atoms with Gasteiger partial charge in [0, 0.05) is 41.5 Å². The van der Waals surface area contributed by atoms with E-state index in [1.807, 2.05) is 19.1 Å². The van der Waals surface area contributed by atoms with Gasteiger partial charge in [0.05, 0.1) is 11.5 Å². The SMILES string of the molecule is Cc1cc(N2CCOC(c3ccccc3F)C2)c2cccc([N+](=O)[O-])c2n1. The molecule has 1 atom stereocenters. The molecule has 1 aliphatic heterocycles. The van der Waals surface area contributed by atoms with Gasteiger partial charge in [-0.25, -0.2) is 9.37 Å². The fourth-order valence-corrected chi connectivity index (χ4v) is 3.54. The second-order valence-corrected chi connectivity index (χ2v) is 6.54. The van der Waals surface area contributed by atoms with Crippen LogP contribution >= 0.6 is 0 Å². The molecule has 27 heavy (non-hydrogen) atoms. The first-order valence-corrected chi connectivity index (χ1v) is 8.70. The zero-order chi connectivity index (χ0) is 19.0. The van der Waals surface area contributed by atoms with Crippen LogP contribution in [0.25, 0.3) is 10.9 Å². The Morgan fingerprint density at radius 1 is 1.26 bits per heavy atom. The van der Waals surface area contributed by atoms with Crippen LogP contribution in [-0.2, 0) is 4.74 Å². The van der Waals surface area contributed by atoms with Crippen molar-refractivity contribution in [3.05, 3.63) is 75.7 Å². The lowest BCUT2D eigenvalue weighted by molar-refractivity contribution is -0.383. The van der Waals surface area contributed by atoms with Crippen molar-refractivity contribution in [1.82, 2.24) is 4.98 Å². The first kappa shape index (κ1) is 17.4. The van der Waals surface area contributed by atoms with Crippen LogP contribution in [0.2, 0.25) is 0 Å². The number of aryl methyl sites for hydroxylation is 1. The average Bonchev–Trinajstić information content (AvgIpc) is 2.67. The van der Waals surface area contributed by atoms with Crippen LogP contribution in [0.4, 0.5) is 15.8 Å². The third kappa shape index (κ3) is 3.21. The molecule has 1 aliphatic rings. The highest BCUT2D eigenvalue weighted by atomic mass is 19.1. The summed E-state index contributed by atoms with van der Waals surface area (Å²) in [5.41, 5.74) is 2.41. The summed E-state index contributed by atoms with van der Waals surface area (Å²) in [5, 5.41) is 12.1. The van der Waals surface area contributed by atoms with Gasteiger partial charge >= 0.3 is 0 Å². The van der Waals surface area contributed by atoms with Gasteiger partial charge in [0.1, 0.15) is 11.9 Å². The Morgan fingerprint density at radius 2 is 2.07 bits per heavy atom. The molecule has 1 saturated heterocycles. The van der Waals surface area contributed by atoms with Gasteiger partial charge in [0.25, 0.3) is 5.69 Å². The summed E-state index contributed by atoms with van der Waals surface area (Å²) < 4.78 is 20.0. The van der Waals surface area contributed by atoms with Crippen LogP contribution in [0.15, 0.2) is 48.5 Å². The minimum atomic E-state index is -0.417. The number of pyridine rings is 1. The molecule has 1 aromatic heterocycles. The van der Waals surface area contributed by atoms with Gasteiger partial charge in [0.2, 0.25) is 0 Å². The maximum Gasteiger partial charge on any atom is 0.295 e. The van der Waals surface area contributed by atoms with E-state index < -0.39 is 11.0 Å². The summed E-state index contributed by atoms with van der Waals surface area (Å²) in [6, 6.07) is 13.5. The summed E-state index contributed by atoms with van der Waals surface area (Å²) in [7, 11) is 0. The number of benzene rings is 2. The van der Waals surface area contributed by atoms with E-state index >= 15 is 0 Å². The maximum atomic E-state index is 14.2. The monoisotopic (exact) mass is 367 g/mol. The minimum Gasteiger partial charge on any atom is -0.370 e. The van der Waals surface area contributed by atoms with Crippen LogP contribution < -0.4 is 4.90 Å². The molecule has 2 aromatic carbocycles. The quantitative estimate of drug-likeness (QED) is 0.513. The van der Waals surface area contributed by atoms with Crippen LogP contribution in [0.3, 0.4) is 0 Å². The summed E-state index contributed by atoms with van der Waals surface area (Å²) in [4.78, 5) is 17.4. The molecule has 0 aliphatic carbocycles. The van der Waals surface area contributed by atoms with Crippen molar-refractivity contribution in [3.8, 4) is 0 Å². The number of non-ortho nitro benzene ring substituents is 1. The van der Waals surface area contributed by atoms with Crippen molar-refractivity contribution in [1.29, 1.82) is 0 Å². The third-order valence-electron chi connectivity index (χ3n) is 4.78. The molecule has 6 nitrogen and oxygen atoms in total. The van der Waals surface area contributed by atoms with E-state index in [0.29, 0.717) is 41.9 Å². The zero-order valence-corrected chi connectivity index (χ0v) is 14.8. The van der Waals surface area contributed by atoms with Gasteiger partial charge in [-0.2, -0.15) is 0 Å². The molecule has 0 bridgehead atoms. The molecule has 0 radical (unpaired) electrons. The molecule has 0 amide bonds. The Labute approximate surface area is 155 Å². The molecular formula is C20H18FN3O3. The normalized spacial score (nSPS) is 17.3. The fraction of sp³-hybridized carbons (Fsp3) is 0.250. The van der Waals surface area contributed by atoms with Crippen LogP contribution in [-0.4, -0.2) is 29.6 Å². The lowest BCUT2D eigenvalue weighted by Crippen LogP contribution is -2.38. The number of rotatable bonds is 3. The molecule has 4 rings (SSSR count). The number of morpholine rings is 1. The van der Waals surface area contributed by atoms with Crippen molar-refractivity contribution in [2.24, 2.45) is 0 Å². The van der Waals surface area contributed by atoms with Gasteiger partial charge in [-0.3, -0.25) is 10.1 Å². The molecule has 0 N–H and O–H groups in total. The minimum absolute atomic E-state index is 0.0173.